The Balaban J connectivity index is 1.57. The lowest BCUT2D eigenvalue weighted by Gasteiger charge is -2.36. The summed E-state index contributed by atoms with van der Waals surface area (Å²) in [6.45, 7) is 4.15. The van der Waals surface area contributed by atoms with E-state index in [1.807, 2.05) is 17.0 Å². The van der Waals surface area contributed by atoms with Crippen LogP contribution in [0.4, 0.5) is 20.3 Å². The third-order valence-electron chi connectivity index (χ3n) is 5.38. The van der Waals surface area contributed by atoms with Gasteiger partial charge in [-0.2, -0.15) is 0 Å². The fourth-order valence-electron chi connectivity index (χ4n) is 3.80. The van der Waals surface area contributed by atoms with Crippen LogP contribution in [0.2, 0.25) is 0 Å². The quantitative estimate of drug-likeness (QED) is 0.816. The number of hydrogen-bond donors (Lipinski definition) is 1. The molecule has 1 amide bonds. The van der Waals surface area contributed by atoms with E-state index in [4.69, 9.17) is 0 Å². The first kappa shape index (κ1) is 20.2. The molecule has 2 aliphatic rings. The van der Waals surface area contributed by atoms with Crippen LogP contribution in [-0.4, -0.2) is 68.3 Å². The fourth-order valence-corrected chi connectivity index (χ4v) is 3.80. The van der Waals surface area contributed by atoms with Gasteiger partial charge in [0.25, 0.3) is 5.91 Å². The maximum Gasteiger partial charge on any atom is 0.256 e. The van der Waals surface area contributed by atoms with E-state index in [0.717, 1.165) is 10.7 Å². The van der Waals surface area contributed by atoms with Crippen molar-refractivity contribution in [2.24, 2.45) is 9.98 Å². The van der Waals surface area contributed by atoms with Crippen molar-refractivity contribution in [3.63, 3.8) is 0 Å². The number of fused-ring (bicyclic) bond motifs is 1. The average molecular weight is 414 g/mol. The lowest BCUT2D eigenvalue weighted by molar-refractivity contribution is -0.136. The number of nitrogens with one attached hydrogen (secondary N) is 1. The summed E-state index contributed by atoms with van der Waals surface area (Å²) in [4.78, 5) is 28.7. The largest absolute Gasteiger partial charge is 0.371 e. The highest BCUT2D eigenvalue weighted by Gasteiger charge is 2.26. The molecular formula is C21H24F2N6O. The summed E-state index contributed by atoms with van der Waals surface area (Å²) in [7, 11) is 1.77. The number of carbonyl (C=O) groups excluding carboxylic acids is 1. The van der Waals surface area contributed by atoms with Crippen molar-refractivity contribution in [1.29, 1.82) is 0 Å². The molecule has 4 rings (SSSR count). The third-order valence-corrected chi connectivity index (χ3v) is 5.38. The van der Waals surface area contributed by atoms with Gasteiger partial charge in [-0.1, -0.05) is 6.07 Å². The maximum absolute atomic E-state index is 15.0. The topological polar surface area (TPSA) is 73.2 Å². The Hall–Kier alpha value is -3.10. The maximum atomic E-state index is 15.0. The monoisotopic (exact) mass is 414 g/mol. The van der Waals surface area contributed by atoms with Crippen LogP contribution in [0.3, 0.4) is 0 Å². The van der Waals surface area contributed by atoms with E-state index in [2.05, 4.69) is 20.3 Å². The van der Waals surface area contributed by atoms with Gasteiger partial charge < -0.3 is 15.1 Å². The van der Waals surface area contributed by atoms with Crippen LogP contribution in [0, 0.1) is 5.82 Å². The van der Waals surface area contributed by atoms with Gasteiger partial charge in [-0.25, -0.2) is 13.8 Å². The van der Waals surface area contributed by atoms with Crippen LogP contribution in [0.5, 0.6) is 0 Å². The lowest BCUT2D eigenvalue weighted by atomic mass is 10.1. The number of benzene rings is 1. The van der Waals surface area contributed by atoms with Crippen molar-refractivity contribution in [2.45, 2.75) is 13.1 Å². The number of piperazine rings is 1. The number of amides is 1. The Bertz CT molecular complexity index is 1080. The van der Waals surface area contributed by atoms with Gasteiger partial charge in [-0.05, 0) is 25.1 Å². The summed E-state index contributed by atoms with van der Waals surface area (Å²) in [6.07, 6.45) is -1.52. The SMILES string of the molecule is CNc1nc(-c2ccc(N3CCN(C(=O)C(C)F)CC3)c(F)c2)cc2c1=NCCN=2. The molecule has 1 unspecified atom stereocenters. The van der Waals surface area contributed by atoms with Crippen molar-refractivity contribution >= 4 is 17.4 Å². The van der Waals surface area contributed by atoms with Gasteiger partial charge >= 0.3 is 0 Å². The van der Waals surface area contributed by atoms with E-state index < -0.39 is 12.1 Å². The van der Waals surface area contributed by atoms with Crippen LogP contribution in [0.1, 0.15) is 6.92 Å². The number of alkyl halides is 1. The Kier molecular flexibility index (Phi) is 5.61. The van der Waals surface area contributed by atoms with Gasteiger partial charge in [0.1, 0.15) is 11.2 Å². The molecule has 30 heavy (non-hydrogen) atoms. The minimum absolute atomic E-state index is 0.363. The number of aromatic nitrogens is 1. The molecule has 3 heterocycles. The molecule has 0 aliphatic carbocycles. The van der Waals surface area contributed by atoms with Gasteiger partial charge in [0.15, 0.2) is 12.0 Å². The van der Waals surface area contributed by atoms with Crippen LogP contribution in [0.25, 0.3) is 11.3 Å². The zero-order chi connectivity index (χ0) is 21.3. The van der Waals surface area contributed by atoms with Crippen molar-refractivity contribution in [3.8, 4) is 11.3 Å². The van der Waals surface area contributed by atoms with Crippen LogP contribution < -0.4 is 20.9 Å². The Labute approximate surface area is 173 Å². The Morgan fingerprint density at radius 3 is 2.53 bits per heavy atom. The van der Waals surface area contributed by atoms with Gasteiger partial charge in [0.05, 0.1) is 29.8 Å². The highest BCUT2D eigenvalue weighted by atomic mass is 19.1. The average Bonchev–Trinajstić information content (AvgIpc) is 2.77. The molecule has 1 N–H and O–H groups in total. The molecule has 0 radical (unpaired) electrons. The molecular weight excluding hydrogens is 390 g/mol. The number of nitrogens with zero attached hydrogens (tertiary/aromatic N) is 5. The lowest BCUT2D eigenvalue weighted by Crippen LogP contribution is -2.50. The van der Waals surface area contributed by atoms with Gasteiger partial charge in [0, 0.05) is 38.8 Å². The summed E-state index contributed by atoms with van der Waals surface area (Å²) in [5, 5.41) is 4.53. The van der Waals surface area contributed by atoms with Crippen LogP contribution >= 0.6 is 0 Å². The minimum Gasteiger partial charge on any atom is -0.371 e. The van der Waals surface area contributed by atoms with Crippen LogP contribution in [-0.2, 0) is 4.79 Å². The predicted octanol–water partition coefficient (Wildman–Crippen LogP) is 1.19. The van der Waals surface area contributed by atoms with Gasteiger partial charge in [-0.3, -0.25) is 14.8 Å². The molecule has 2 aliphatic heterocycles. The highest BCUT2D eigenvalue weighted by Crippen LogP contribution is 2.26. The molecule has 2 aromatic rings. The van der Waals surface area contributed by atoms with Crippen molar-refractivity contribution < 1.29 is 13.6 Å². The Morgan fingerprint density at radius 1 is 1.13 bits per heavy atom. The third kappa shape index (κ3) is 3.83. The van der Waals surface area contributed by atoms with Gasteiger partial charge in [0.2, 0.25) is 0 Å². The number of halogens is 2. The molecule has 0 saturated carbocycles. The number of carbonyl (C=O) groups is 1. The van der Waals surface area contributed by atoms with E-state index in [0.29, 0.717) is 62.0 Å². The summed E-state index contributed by atoms with van der Waals surface area (Å²) in [5.41, 5.74) is 1.73. The van der Waals surface area contributed by atoms with E-state index >= 15 is 0 Å². The zero-order valence-corrected chi connectivity index (χ0v) is 17.0. The second-order valence-electron chi connectivity index (χ2n) is 7.33. The highest BCUT2D eigenvalue weighted by molar-refractivity contribution is 5.80. The normalized spacial score (nSPS) is 16.9. The van der Waals surface area contributed by atoms with E-state index in [9.17, 15) is 13.6 Å². The van der Waals surface area contributed by atoms with Gasteiger partial charge in [-0.15, -0.1) is 0 Å². The Morgan fingerprint density at radius 2 is 1.87 bits per heavy atom. The van der Waals surface area contributed by atoms with Crippen molar-refractivity contribution in [1.82, 2.24) is 9.88 Å². The minimum atomic E-state index is -1.52. The number of pyridine rings is 1. The number of rotatable bonds is 4. The fraction of sp³-hybridized carbons (Fsp3) is 0.429. The molecule has 7 nitrogen and oxygen atoms in total. The first-order chi connectivity index (χ1) is 14.5. The molecule has 0 spiro atoms. The molecule has 0 bridgehead atoms. The molecule has 1 fully saturated rings. The molecule has 158 valence electrons. The molecule has 1 aromatic heterocycles. The second kappa shape index (κ2) is 8.33. The molecule has 1 aromatic carbocycles. The molecule has 1 atom stereocenters. The first-order valence-corrected chi connectivity index (χ1v) is 10.0. The summed E-state index contributed by atoms with van der Waals surface area (Å²) in [6, 6.07) is 6.84. The zero-order valence-electron chi connectivity index (χ0n) is 17.0. The summed E-state index contributed by atoms with van der Waals surface area (Å²) < 4.78 is 28.2. The second-order valence-corrected chi connectivity index (χ2v) is 7.33. The number of anilines is 2. The number of hydrogen-bond acceptors (Lipinski definition) is 6. The van der Waals surface area contributed by atoms with E-state index in [-0.39, 0.29) is 5.82 Å². The predicted molar refractivity (Wildman–Crippen MR) is 111 cm³/mol. The van der Waals surface area contributed by atoms with E-state index in [1.165, 1.54) is 17.9 Å². The molecule has 1 saturated heterocycles. The van der Waals surface area contributed by atoms with Crippen molar-refractivity contribution in [3.05, 3.63) is 40.8 Å². The first-order valence-electron chi connectivity index (χ1n) is 10.0. The summed E-state index contributed by atoms with van der Waals surface area (Å²) in [5.74, 6) is -0.252. The van der Waals surface area contributed by atoms with Crippen molar-refractivity contribution in [2.75, 3.05) is 56.5 Å². The van der Waals surface area contributed by atoms with Crippen LogP contribution in [0.15, 0.2) is 34.3 Å². The standard InChI is InChI=1S/C21H24F2N6O/c1-13(22)21(30)29-9-7-28(8-10-29)18-4-3-14(11-15(18)23)16-12-17-19(20(24-2)27-16)26-6-5-25-17/h3-4,11-13H,5-10H2,1-2H3,(H,24,27). The molecule has 9 heteroatoms. The van der Waals surface area contributed by atoms with E-state index in [1.54, 1.807) is 13.1 Å². The smallest absolute Gasteiger partial charge is 0.256 e. The summed E-state index contributed by atoms with van der Waals surface area (Å²) >= 11 is 0.